The molecule has 3 aliphatic rings. The van der Waals surface area contributed by atoms with Crippen molar-refractivity contribution >= 4 is 36.0 Å². The minimum absolute atomic E-state index is 0. The van der Waals surface area contributed by atoms with E-state index in [1.165, 1.54) is 6.42 Å². The number of fused-ring (bicyclic) bond motifs is 1. The second kappa shape index (κ2) is 11.3. The van der Waals surface area contributed by atoms with Gasteiger partial charge in [-0.3, -0.25) is 20.3 Å². The molecule has 1 unspecified atom stereocenters. The highest BCUT2D eigenvalue weighted by Crippen LogP contribution is 2.59. The lowest BCUT2D eigenvalue weighted by Gasteiger charge is -2.46. The number of carbonyl (C=O) groups is 3. The molecule has 1 aliphatic heterocycles. The lowest BCUT2D eigenvalue weighted by molar-refractivity contribution is -0.900. The van der Waals surface area contributed by atoms with Gasteiger partial charge in [-0.1, -0.05) is 56.4 Å². The zero-order valence-electron chi connectivity index (χ0n) is 20.7. The normalized spacial score (nSPS) is 28.3. The highest BCUT2D eigenvalue weighted by Gasteiger charge is 2.76. The van der Waals surface area contributed by atoms with Crippen LogP contribution in [-0.2, 0) is 20.9 Å². The molecule has 9 nitrogen and oxygen atoms in total. The topological polar surface area (TPSA) is 159 Å². The van der Waals surface area contributed by atoms with Crippen LogP contribution in [0.25, 0.3) is 0 Å². The minimum Gasteiger partial charge on any atom is -0.480 e. The van der Waals surface area contributed by atoms with Crippen molar-refractivity contribution in [2.75, 3.05) is 13.1 Å². The molecule has 2 amide bonds. The number of nitrogens with zero attached hydrogens (tertiary/aromatic N) is 1. The van der Waals surface area contributed by atoms with Gasteiger partial charge >= 0.3 is 11.9 Å². The standard InChI is InChI=1S/C26H37N5O4.ClH/c27-23(28)19-10-8-18(9-11-19)16-31(12-4-7-20-14-26(20,31)25(29)35)24(34)21(30-15-22(32)33)13-17-5-2-1-3-6-17;/h8-11,17,20-21,30H,1-7,12-16H2,(H5-,27,28,29,32,33,35);1H/p+1/t20-,21-,26+,31?;/m1./s1. The number of aliphatic carboxylic acids is 1. The van der Waals surface area contributed by atoms with E-state index in [-0.39, 0.29) is 41.1 Å². The number of amidine groups is 1. The molecular weight excluding hydrogens is 482 g/mol. The summed E-state index contributed by atoms with van der Waals surface area (Å²) in [7, 11) is 0. The first-order valence-corrected chi connectivity index (χ1v) is 12.8. The second-order valence-electron chi connectivity index (χ2n) is 10.7. The highest BCUT2D eigenvalue weighted by molar-refractivity contribution is 5.95. The van der Waals surface area contributed by atoms with Crippen LogP contribution in [0.2, 0.25) is 0 Å². The monoisotopic (exact) mass is 520 g/mol. The summed E-state index contributed by atoms with van der Waals surface area (Å²) in [4.78, 5) is 38.8. The fraction of sp³-hybridized carbons (Fsp3) is 0.615. The number of rotatable bonds is 10. The Kier molecular flexibility index (Phi) is 8.80. The molecule has 0 radical (unpaired) electrons. The molecule has 1 aromatic rings. The SMILES string of the molecule is Cl.N=C(N)c1ccc(C[N+]2(C(=O)[C@@H](CC3CCCCC3)NCC(=O)O)CCC[C@@H]3C[C@@]32C(N)=O)cc1. The van der Waals surface area contributed by atoms with Gasteiger partial charge in [0.15, 0.2) is 5.54 Å². The van der Waals surface area contributed by atoms with Crippen LogP contribution < -0.4 is 16.8 Å². The van der Waals surface area contributed by atoms with E-state index < -0.39 is 23.5 Å². The molecule has 7 N–H and O–H groups in total. The predicted molar refractivity (Wildman–Crippen MR) is 138 cm³/mol. The van der Waals surface area contributed by atoms with Gasteiger partial charge in [0, 0.05) is 23.5 Å². The quantitative estimate of drug-likeness (QED) is 0.181. The van der Waals surface area contributed by atoms with Crippen molar-refractivity contribution in [3.05, 3.63) is 35.4 Å². The lowest BCUT2D eigenvalue weighted by Crippen LogP contribution is -2.71. The number of primary amides is 1. The fourth-order valence-electron chi connectivity index (χ4n) is 6.74. The number of quaternary nitrogens is 1. The molecular formula is C26H39ClN5O4+. The van der Waals surface area contributed by atoms with Crippen LogP contribution in [0, 0.1) is 17.2 Å². The van der Waals surface area contributed by atoms with Gasteiger partial charge in [0.2, 0.25) is 0 Å². The molecule has 1 aromatic carbocycles. The van der Waals surface area contributed by atoms with Gasteiger partial charge in [-0.05, 0) is 25.2 Å². The third-order valence-corrected chi connectivity index (χ3v) is 8.59. The molecule has 198 valence electrons. The van der Waals surface area contributed by atoms with Crippen molar-refractivity contribution in [3.63, 3.8) is 0 Å². The highest BCUT2D eigenvalue weighted by atomic mass is 35.5. The van der Waals surface area contributed by atoms with Crippen molar-refractivity contribution < 1.29 is 24.0 Å². The Labute approximate surface area is 218 Å². The van der Waals surface area contributed by atoms with Crippen LogP contribution in [0.5, 0.6) is 0 Å². The van der Waals surface area contributed by atoms with Crippen molar-refractivity contribution in [3.8, 4) is 0 Å². The zero-order chi connectivity index (χ0) is 25.2. The van der Waals surface area contributed by atoms with Crippen molar-refractivity contribution in [1.29, 1.82) is 5.41 Å². The molecule has 1 saturated heterocycles. The van der Waals surface area contributed by atoms with Crippen LogP contribution >= 0.6 is 12.4 Å². The first kappa shape index (κ1) is 28.1. The summed E-state index contributed by atoms with van der Waals surface area (Å²) in [6.45, 7) is 0.512. The number of nitrogens with two attached hydrogens (primary N) is 2. The van der Waals surface area contributed by atoms with Gasteiger partial charge in [-0.15, -0.1) is 12.4 Å². The Morgan fingerprint density at radius 3 is 2.33 bits per heavy atom. The van der Waals surface area contributed by atoms with Gasteiger partial charge < -0.3 is 16.6 Å². The van der Waals surface area contributed by atoms with E-state index in [0.717, 1.165) is 44.1 Å². The van der Waals surface area contributed by atoms with Gasteiger partial charge in [0.1, 0.15) is 18.4 Å². The van der Waals surface area contributed by atoms with Crippen LogP contribution in [-0.4, -0.2) is 57.9 Å². The van der Waals surface area contributed by atoms with Crippen LogP contribution in [0.4, 0.5) is 0 Å². The van der Waals surface area contributed by atoms with E-state index >= 15 is 0 Å². The number of nitrogens with one attached hydrogen (secondary N) is 2. The third kappa shape index (κ3) is 5.28. The summed E-state index contributed by atoms with van der Waals surface area (Å²) in [5.41, 5.74) is 12.1. The molecule has 36 heavy (non-hydrogen) atoms. The number of likely N-dealkylation sites (tertiary alicyclic amines) is 1. The van der Waals surface area contributed by atoms with Gasteiger partial charge in [-0.25, -0.2) is 9.28 Å². The molecule has 0 spiro atoms. The van der Waals surface area contributed by atoms with Crippen LogP contribution in [0.15, 0.2) is 24.3 Å². The van der Waals surface area contributed by atoms with Crippen LogP contribution in [0.3, 0.4) is 0 Å². The average molecular weight is 521 g/mol. The largest absolute Gasteiger partial charge is 0.480 e. The Morgan fingerprint density at radius 1 is 1.08 bits per heavy atom. The maximum absolute atomic E-state index is 14.5. The number of benzene rings is 1. The molecule has 0 bridgehead atoms. The Bertz CT molecular complexity index is 997. The Balaban J connectivity index is 0.00000361. The van der Waals surface area contributed by atoms with E-state index in [4.69, 9.17) is 16.9 Å². The number of carboxylic acid groups (broad SMARTS) is 1. The van der Waals surface area contributed by atoms with Crippen molar-refractivity contribution in [2.24, 2.45) is 23.3 Å². The zero-order valence-corrected chi connectivity index (χ0v) is 21.5. The number of carbonyl (C=O) groups excluding carboxylic acids is 2. The first-order chi connectivity index (χ1) is 16.7. The Morgan fingerprint density at radius 2 is 1.75 bits per heavy atom. The lowest BCUT2D eigenvalue weighted by atomic mass is 9.83. The molecule has 0 aromatic heterocycles. The number of piperidine rings is 1. The van der Waals surface area contributed by atoms with Crippen LogP contribution in [0.1, 0.15) is 68.9 Å². The summed E-state index contributed by atoms with van der Waals surface area (Å²) in [6, 6.07) is 6.57. The number of hydrogen-bond acceptors (Lipinski definition) is 5. The molecule has 10 heteroatoms. The Hall–Kier alpha value is -2.49. The molecule has 4 atom stereocenters. The van der Waals surface area contributed by atoms with E-state index in [2.05, 4.69) is 5.32 Å². The predicted octanol–water partition coefficient (Wildman–Crippen LogP) is 2.29. The van der Waals surface area contributed by atoms with Crippen molar-refractivity contribution in [1.82, 2.24) is 5.32 Å². The number of carboxylic acids is 1. The smallest absolute Gasteiger partial charge is 0.331 e. The summed E-state index contributed by atoms with van der Waals surface area (Å²) in [5, 5.41) is 20.0. The maximum atomic E-state index is 14.5. The maximum Gasteiger partial charge on any atom is 0.331 e. The fourth-order valence-corrected chi connectivity index (χ4v) is 6.74. The van der Waals surface area contributed by atoms with E-state index in [1.54, 1.807) is 12.1 Å². The first-order valence-electron chi connectivity index (χ1n) is 12.8. The van der Waals surface area contributed by atoms with E-state index in [9.17, 15) is 19.5 Å². The number of halogens is 1. The molecule has 4 rings (SSSR count). The number of amides is 2. The summed E-state index contributed by atoms with van der Waals surface area (Å²) in [5.74, 6) is -1.16. The number of nitrogen functional groups attached to an aromatic ring is 1. The van der Waals surface area contributed by atoms with Crippen molar-refractivity contribution in [2.45, 2.75) is 75.9 Å². The number of hydrogen-bond donors (Lipinski definition) is 5. The molecule has 1 heterocycles. The van der Waals surface area contributed by atoms with E-state index in [1.807, 2.05) is 12.1 Å². The summed E-state index contributed by atoms with van der Waals surface area (Å²) < 4.78 is -0.0591. The van der Waals surface area contributed by atoms with E-state index in [0.29, 0.717) is 37.4 Å². The summed E-state index contributed by atoms with van der Waals surface area (Å²) >= 11 is 0. The average Bonchev–Trinajstić information content (AvgIpc) is 3.60. The van der Waals surface area contributed by atoms with Gasteiger partial charge in [0.25, 0.3) is 5.91 Å². The van der Waals surface area contributed by atoms with Gasteiger partial charge in [0.05, 0.1) is 13.1 Å². The summed E-state index contributed by atoms with van der Waals surface area (Å²) in [6.07, 6.45) is 8.37. The molecule has 3 fully saturated rings. The van der Waals surface area contributed by atoms with Gasteiger partial charge in [-0.2, -0.15) is 0 Å². The second-order valence-corrected chi connectivity index (χ2v) is 10.7. The third-order valence-electron chi connectivity index (χ3n) is 8.59. The molecule has 2 saturated carbocycles. The minimum atomic E-state index is -1.01. The molecule has 2 aliphatic carbocycles.